The van der Waals surface area contributed by atoms with E-state index in [9.17, 15) is 4.79 Å². The minimum atomic E-state index is 0.0399. The van der Waals surface area contributed by atoms with Crippen molar-refractivity contribution < 1.29 is 14.3 Å². The van der Waals surface area contributed by atoms with E-state index >= 15 is 0 Å². The van der Waals surface area contributed by atoms with E-state index in [4.69, 9.17) is 9.47 Å². The van der Waals surface area contributed by atoms with Crippen LogP contribution in [0.25, 0.3) is 11.4 Å². The van der Waals surface area contributed by atoms with Gasteiger partial charge in [-0.3, -0.25) is 4.79 Å². The highest BCUT2D eigenvalue weighted by atomic mass is 32.2. The van der Waals surface area contributed by atoms with Crippen molar-refractivity contribution in [3.8, 4) is 11.5 Å². The second kappa shape index (κ2) is 8.61. The number of thioether (sulfide) groups is 1. The van der Waals surface area contributed by atoms with Gasteiger partial charge in [0.15, 0.2) is 5.50 Å². The van der Waals surface area contributed by atoms with Crippen LogP contribution in [0, 0.1) is 0 Å². The first-order valence-electron chi connectivity index (χ1n) is 9.06. The first-order chi connectivity index (χ1) is 13.5. The van der Waals surface area contributed by atoms with Gasteiger partial charge in [0.2, 0.25) is 0 Å². The number of benzene rings is 2. The summed E-state index contributed by atoms with van der Waals surface area (Å²) < 4.78 is 10.6. The van der Waals surface area contributed by atoms with Crippen molar-refractivity contribution in [2.24, 2.45) is 0 Å². The third kappa shape index (κ3) is 3.97. The van der Waals surface area contributed by atoms with Crippen LogP contribution in [0.3, 0.4) is 0 Å². The number of carbonyl (C=O) groups is 1. The lowest BCUT2D eigenvalue weighted by Gasteiger charge is -2.29. The van der Waals surface area contributed by atoms with E-state index in [1.807, 2.05) is 24.3 Å². The third-order valence-corrected chi connectivity index (χ3v) is 6.26. The molecule has 1 aliphatic rings. The van der Waals surface area contributed by atoms with Crippen molar-refractivity contribution in [1.29, 1.82) is 0 Å². The fraction of sp³-hybridized carbons (Fsp3) is 0.318. The molecule has 1 aliphatic heterocycles. The number of carbonyl (C=O) groups excluding carboxylic acids is 1. The lowest BCUT2D eigenvalue weighted by molar-refractivity contribution is -0.114. The SMILES string of the molecule is COc1ccc(C2=C(c3ccc(OC)cc3)N(C)C(SCC(C)=O)N2C)cc1. The zero-order valence-electron chi connectivity index (χ0n) is 16.9. The molecule has 6 heteroatoms. The Kier molecular flexibility index (Phi) is 6.19. The molecule has 0 aromatic heterocycles. The van der Waals surface area contributed by atoms with E-state index in [0.29, 0.717) is 5.75 Å². The highest BCUT2D eigenvalue weighted by Gasteiger charge is 2.35. The zero-order valence-corrected chi connectivity index (χ0v) is 17.7. The number of hydrogen-bond donors (Lipinski definition) is 0. The molecule has 0 spiro atoms. The molecule has 0 aliphatic carbocycles. The number of methoxy groups -OCH3 is 2. The minimum Gasteiger partial charge on any atom is -0.497 e. The first-order valence-corrected chi connectivity index (χ1v) is 10.1. The molecule has 0 saturated heterocycles. The lowest BCUT2D eigenvalue weighted by atomic mass is 10.0. The second-order valence-electron chi connectivity index (χ2n) is 6.72. The fourth-order valence-electron chi connectivity index (χ4n) is 3.41. The average Bonchev–Trinajstić information content (AvgIpc) is 2.96. The Hall–Kier alpha value is -2.60. The summed E-state index contributed by atoms with van der Waals surface area (Å²) in [7, 11) is 7.48. The van der Waals surface area contributed by atoms with E-state index in [-0.39, 0.29) is 11.3 Å². The van der Waals surface area contributed by atoms with Gasteiger partial charge < -0.3 is 19.3 Å². The van der Waals surface area contributed by atoms with E-state index in [1.165, 1.54) is 0 Å². The molecule has 0 amide bonds. The van der Waals surface area contributed by atoms with Crippen molar-refractivity contribution in [2.75, 3.05) is 34.1 Å². The molecule has 2 aromatic carbocycles. The van der Waals surface area contributed by atoms with Crippen LogP contribution in [0.15, 0.2) is 48.5 Å². The molecular formula is C22H26N2O3S. The molecule has 0 radical (unpaired) electrons. The predicted molar refractivity (Wildman–Crippen MR) is 115 cm³/mol. The smallest absolute Gasteiger partial charge is 0.150 e. The highest BCUT2D eigenvalue weighted by Crippen LogP contribution is 2.43. The molecule has 0 unspecified atom stereocenters. The van der Waals surface area contributed by atoms with Gasteiger partial charge in [-0.05, 0) is 55.5 Å². The highest BCUT2D eigenvalue weighted by molar-refractivity contribution is 8.00. The maximum absolute atomic E-state index is 11.6. The Morgan fingerprint density at radius 3 is 1.57 bits per heavy atom. The molecule has 28 heavy (non-hydrogen) atoms. The van der Waals surface area contributed by atoms with Crippen molar-refractivity contribution >= 4 is 28.9 Å². The van der Waals surface area contributed by atoms with Crippen LogP contribution < -0.4 is 9.47 Å². The summed E-state index contributed by atoms with van der Waals surface area (Å²) in [5.74, 6) is 2.31. The maximum atomic E-state index is 11.6. The summed E-state index contributed by atoms with van der Waals surface area (Å²) in [6.45, 7) is 1.63. The number of Topliss-reactive ketones (excluding diaryl/α,β-unsaturated/α-hetero) is 1. The van der Waals surface area contributed by atoms with Crippen LogP contribution in [0.5, 0.6) is 11.5 Å². The number of ether oxygens (including phenoxy) is 2. The van der Waals surface area contributed by atoms with Gasteiger partial charge in [0, 0.05) is 25.2 Å². The Morgan fingerprint density at radius 2 is 1.25 bits per heavy atom. The first kappa shape index (κ1) is 20.1. The number of rotatable bonds is 7. The van der Waals surface area contributed by atoms with E-state index in [2.05, 4.69) is 48.2 Å². The molecule has 0 bridgehead atoms. The predicted octanol–water partition coefficient (Wildman–Crippen LogP) is 4.01. The van der Waals surface area contributed by atoms with Crippen LogP contribution in [0.4, 0.5) is 0 Å². The minimum absolute atomic E-state index is 0.0399. The Bertz CT molecular complexity index is 799. The van der Waals surface area contributed by atoms with Gasteiger partial charge >= 0.3 is 0 Å². The van der Waals surface area contributed by atoms with Crippen molar-refractivity contribution in [3.05, 3.63) is 59.7 Å². The fourth-order valence-corrected chi connectivity index (χ4v) is 4.45. The lowest BCUT2D eigenvalue weighted by Crippen LogP contribution is -2.33. The summed E-state index contributed by atoms with van der Waals surface area (Å²) >= 11 is 1.63. The summed E-state index contributed by atoms with van der Waals surface area (Å²) in [5.41, 5.74) is 4.49. The number of nitrogens with zero attached hydrogens (tertiary/aromatic N) is 2. The summed E-state index contributed by atoms with van der Waals surface area (Å²) in [5, 5.41) is 0. The molecule has 5 nitrogen and oxygen atoms in total. The number of ketones is 1. The second-order valence-corrected chi connectivity index (χ2v) is 7.76. The van der Waals surface area contributed by atoms with Crippen molar-refractivity contribution in [1.82, 2.24) is 9.80 Å². The monoisotopic (exact) mass is 398 g/mol. The molecule has 0 atom stereocenters. The Balaban J connectivity index is 2.06. The van der Waals surface area contributed by atoms with Gasteiger partial charge in [-0.1, -0.05) is 0 Å². The molecule has 2 aromatic rings. The maximum Gasteiger partial charge on any atom is 0.150 e. The van der Waals surface area contributed by atoms with Crippen molar-refractivity contribution in [3.63, 3.8) is 0 Å². The van der Waals surface area contributed by atoms with Gasteiger partial charge in [-0.25, -0.2) is 0 Å². The summed E-state index contributed by atoms with van der Waals surface area (Å²) in [6.07, 6.45) is 0. The van der Waals surface area contributed by atoms with Crippen LogP contribution in [0.1, 0.15) is 18.1 Å². The van der Waals surface area contributed by atoms with Gasteiger partial charge in [-0.2, -0.15) is 0 Å². The van der Waals surface area contributed by atoms with Crippen molar-refractivity contribution in [2.45, 2.75) is 12.4 Å². The topological polar surface area (TPSA) is 42.0 Å². The summed E-state index contributed by atoms with van der Waals surface area (Å²) in [4.78, 5) is 16.0. The largest absolute Gasteiger partial charge is 0.497 e. The van der Waals surface area contributed by atoms with E-state index in [1.54, 1.807) is 32.9 Å². The average molecular weight is 399 g/mol. The quantitative estimate of drug-likeness (QED) is 0.702. The van der Waals surface area contributed by atoms with Crippen LogP contribution in [-0.2, 0) is 4.79 Å². The molecule has 0 N–H and O–H groups in total. The number of hydrogen-bond acceptors (Lipinski definition) is 6. The molecule has 3 rings (SSSR count). The normalized spacial score (nSPS) is 14.6. The van der Waals surface area contributed by atoms with Gasteiger partial charge in [-0.15, -0.1) is 11.8 Å². The van der Waals surface area contributed by atoms with Gasteiger partial charge in [0.1, 0.15) is 17.3 Å². The zero-order chi connectivity index (χ0) is 20.3. The van der Waals surface area contributed by atoms with Crippen LogP contribution >= 0.6 is 11.8 Å². The molecule has 0 saturated carbocycles. The van der Waals surface area contributed by atoms with E-state index < -0.39 is 0 Å². The van der Waals surface area contributed by atoms with Gasteiger partial charge in [0.25, 0.3) is 0 Å². The van der Waals surface area contributed by atoms with Crippen LogP contribution in [-0.4, -0.2) is 55.1 Å². The van der Waals surface area contributed by atoms with E-state index in [0.717, 1.165) is 34.0 Å². The molecule has 0 fully saturated rings. The molecular weight excluding hydrogens is 372 g/mol. The summed E-state index contributed by atoms with van der Waals surface area (Å²) in [6, 6.07) is 16.2. The van der Waals surface area contributed by atoms with Crippen LogP contribution in [0.2, 0.25) is 0 Å². The Labute approximate surface area is 170 Å². The standard InChI is InChI=1S/C22H26N2O3S/c1-15(25)14-28-22-23(2)20(16-6-10-18(26-4)11-7-16)21(24(22)3)17-8-12-19(27-5)13-9-17/h6-13,22H,14H2,1-5H3. The third-order valence-electron chi connectivity index (χ3n) is 4.75. The molecule has 1 heterocycles. The Morgan fingerprint density at radius 1 is 0.857 bits per heavy atom. The van der Waals surface area contributed by atoms with Gasteiger partial charge in [0.05, 0.1) is 31.4 Å². The molecule has 148 valence electrons.